The third-order valence-corrected chi connectivity index (χ3v) is 4.32. The van der Waals surface area contributed by atoms with Crippen LogP contribution in [0.3, 0.4) is 0 Å². The molecule has 1 aliphatic heterocycles. The van der Waals surface area contributed by atoms with Crippen LogP contribution in [0.5, 0.6) is 5.75 Å². The molecule has 28 heavy (non-hydrogen) atoms. The van der Waals surface area contributed by atoms with Crippen molar-refractivity contribution in [3.8, 4) is 5.75 Å². The van der Waals surface area contributed by atoms with Crippen LogP contribution in [0.1, 0.15) is 12.5 Å². The molecule has 9 heteroatoms. The first-order chi connectivity index (χ1) is 13.4. The number of nitro benzene ring substituents is 1. The third-order valence-electron chi connectivity index (χ3n) is 4.32. The molecule has 146 valence electrons. The highest BCUT2D eigenvalue weighted by atomic mass is 16.6. The lowest BCUT2D eigenvalue weighted by Crippen LogP contribution is -2.50. The summed E-state index contributed by atoms with van der Waals surface area (Å²) in [6.45, 7) is 3.87. The van der Waals surface area contributed by atoms with Gasteiger partial charge in [-0.2, -0.15) is 0 Å². The number of benzene rings is 2. The lowest BCUT2D eigenvalue weighted by atomic mass is 10.2. The van der Waals surface area contributed by atoms with Gasteiger partial charge in [0.2, 0.25) is 0 Å². The number of rotatable bonds is 6. The van der Waals surface area contributed by atoms with Gasteiger partial charge in [0.15, 0.2) is 6.61 Å². The number of nitrogens with one attached hydrogen (secondary N) is 1. The number of aryl methyl sites for hydroxylation is 1. The molecule has 2 amide bonds. The number of hydrazine groups is 1. The molecular weight excluding hydrogens is 364 g/mol. The maximum Gasteiger partial charge on any atom is 0.271 e. The number of anilines is 2. The first-order valence-corrected chi connectivity index (χ1v) is 8.74. The molecule has 2 aromatic carbocycles. The van der Waals surface area contributed by atoms with Gasteiger partial charge in [0.05, 0.1) is 16.3 Å². The summed E-state index contributed by atoms with van der Waals surface area (Å²) in [6, 6.07) is 11.6. The molecule has 0 bridgehead atoms. The molecule has 0 radical (unpaired) electrons. The molecule has 1 aliphatic rings. The smallest absolute Gasteiger partial charge is 0.271 e. The molecule has 0 spiro atoms. The Labute approximate surface area is 161 Å². The van der Waals surface area contributed by atoms with Gasteiger partial charge in [0.1, 0.15) is 12.3 Å². The number of fused-ring (bicyclic) bond motifs is 1. The summed E-state index contributed by atoms with van der Waals surface area (Å²) in [5.41, 5.74) is 4.70. The molecule has 0 unspecified atom stereocenters. The van der Waals surface area contributed by atoms with Crippen LogP contribution in [0.15, 0.2) is 42.5 Å². The molecule has 0 fully saturated rings. The van der Waals surface area contributed by atoms with E-state index in [1.807, 2.05) is 38.1 Å². The summed E-state index contributed by atoms with van der Waals surface area (Å²) in [4.78, 5) is 36.5. The average molecular weight is 384 g/mol. The quantitative estimate of drug-likeness (QED) is 0.605. The van der Waals surface area contributed by atoms with Crippen molar-refractivity contribution in [2.75, 3.05) is 29.6 Å². The molecule has 0 aromatic heterocycles. The van der Waals surface area contributed by atoms with Crippen LogP contribution in [0, 0.1) is 17.0 Å². The van der Waals surface area contributed by atoms with Gasteiger partial charge in [0, 0.05) is 18.7 Å². The Morgan fingerprint density at radius 1 is 1.29 bits per heavy atom. The predicted molar refractivity (Wildman–Crippen MR) is 103 cm³/mol. The van der Waals surface area contributed by atoms with Crippen molar-refractivity contribution in [2.45, 2.75) is 13.8 Å². The first-order valence-electron chi connectivity index (χ1n) is 8.74. The van der Waals surface area contributed by atoms with Crippen LogP contribution < -0.4 is 20.1 Å². The van der Waals surface area contributed by atoms with Crippen LogP contribution in [-0.2, 0) is 9.59 Å². The number of carbonyl (C=O) groups excluding carboxylic acids is 2. The van der Waals surface area contributed by atoms with E-state index in [2.05, 4.69) is 5.43 Å². The lowest BCUT2D eigenvalue weighted by molar-refractivity contribution is -0.384. The van der Waals surface area contributed by atoms with E-state index in [1.165, 1.54) is 23.1 Å². The van der Waals surface area contributed by atoms with Gasteiger partial charge in [-0.25, -0.2) is 0 Å². The van der Waals surface area contributed by atoms with Crippen molar-refractivity contribution in [2.24, 2.45) is 0 Å². The minimum Gasteiger partial charge on any atom is -0.482 e. The number of ether oxygens (including phenoxy) is 1. The summed E-state index contributed by atoms with van der Waals surface area (Å²) >= 11 is 0. The average Bonchev–Trinajstić information content (AvgIpc) is 2.68. The second kappa shape index (κ2) is 7.95. The SMILES string of the molecule is CCN(NC(=O)CN1C(=O)COc2ccc([N+](=O)[O-])cc21)c1ccc(C)cc1. The number of hydrogen-bond acceptors (Lipinski definition) is 6. The van der Waals surface area contributed by atoms with Crippen molar-refractivity contribution in [1.82, 2.24) is 5.43 Å². The van der Waals surface area contributed by atoms with Gasteiger partial charge in [0.25, 0.3) is 17.5 Å². The number of amides is 2. The van der Waals surface area contributed by atoms with Crippen molar-refractivity contribution >= 4 is 28.9 Å². The summed E-state index contributed by atoms with van der Waals surface area (Å²) in [5, 5.41) is 12.7. The van der Waals surface area contributed by atoms with Crippen molar-refractivity contribution in [3.63, 3.8) is 0 Å². The van der Waals surface area contributed by atoms with Gasteiger partial charge in [-0.3, -0.25) is 35.0 Å². The van der Waals surface area contributed by atoms with E-state index in [4.69, 9.17) is 4.74 Å². The molecule has 2 aromatic rings. The van der Waals surface area contributed by atoms with E-state index in [0.717, 1.165) is 11.3 Å². The van der Waals surface area contributed by atoms with Gasteiger partial charge < -0.3 is 4.74 Å². The van der Waals surface area contributed by atoms with Crippen molar-refractivity contribution < 1.29 is 19.2 Å². The lowest BCUT2D eigenvalue weighted by Gasteiger charge is -2.30. The van der Waals surface area contributed by atoms with E-state index >= 15 is 0 Å². The molecule has 1 heterocycles. The van der Waals surface area contributed by atoms with Gasteiger partial charge >= 0.3 is 0 Å². The van der Waals surface area contributed by atoms with E-state index in [0.29, 0.717) is 12.3 Å². The van der Waals surface area contributed by atoms with Crippen LogP contribution in [0.4, 0.5) is 17.1 Å². The molecule has 0 atom stereocenters. The Hall–Kier alpha value is -3.62. The Balaban J connectivity index is 1.78. The van der Waals surface area contributed by atoms with E-state index in [9.17, 15) is 19.7 Å². The maximum atomic E-state index is 12.6. The monoisotopic (exact) mass is 384 g/mol. The highest BCUT2D eigenvalue weighted by molar-refractivity contribution is 6.02. The standard InChI is InChI=1S/C19H20N4O5/c1-3-22(14-6-4-13(2)5-7-14)20-18(24)11-21-16-10-15(23(26)27)8-9-17(16)28-12-19(21)25/h4-10H,3,11-12H2,1-2H3,(H,20,24). The fourth-order valence-corrected chi connectivity index (χ4v) is 2.86. The Morgan fingerprint density at radius 2 is 2.00 bits per heavy atom. The minimum absolute atomic E-state index is 0.183. The maximum absolute atomic E-state index is 12.6. The van der Waals surface area contributed by atoms with E-state index in [-0.39, 0.29) is 24.5 Å². The third kappa shape index (κ3) is 4.03. The topological polar surface area (TPSA) is 105 Å². The molecule has 1 N–H and O–H groups in total. The number of nitrogens with zero attached hydrogens (tertiary/aromatic N) is 3. The highest BCUT2D eigenvalue weighted by Crippen LogP contribution is 2.35. The molecular formula is C19H20N4O5. The molecule has 0 aliphatic carbocycles. The number of carbonyl (C=O) groups is 2. The second-order valence-corrected chi connectivity index (χ2v) is 6.29. The molecule has 3 rings (SSSR count). The van der Waals surface area contributed by atoms with Crippen LogP contribution in [0.25, 0.3) is 0 Å². The largest absolute Gasteiger partial charge is 0.482 e. The van der Waals surface area contributed by atoms with Crippen LogP contribution in [-0.4, -0.2) is 36.4 Å². The number of hydrogen-bond donors (Lipinski definition) is 1. The zero-order valence-corrected chi connectivity index (χ0v) is 15.5. The van der Waals surface area contributed by atoms with E-state index in [1.54, 1.807) is 5.01 Å². The van der Waals surface area contributed by atoms with Crippen LogP contribution >= 0.6 is 0 Å². The zero-order chi connectivity index (χ0) is 20.3. The normalized spacial score (nSPS) is 12.8. The van der Waals surface area contributed by atoms with Crippen molar-refractivity contribution in [3.05, 3.63) is 58.1 Å². The van der Waals surface area contributed by atoms with Gasteiger partial charge in [-0.05, 0) is 32.0 Å². The number of non-ortho nitro benzene ring substituents is 1. The first kappa shape index (κ1) is 19.2. The van der Waals surface area contributed by atoms with Gasteiger partial charge in [-0.1, -0.05) is 17.7 Å². The van der Waals surface area contributed by atoms with Gasteiger partial charge in [-0.15, -0.1) is 0 Å². The Morgan fingerprint density at radius 3 is 2.64 bits per heavy atom. The predicted octanol–water partition coefficient (Wildman–Crippen LogP) is 2.19. The van der Waals surface area contributed by atoms with E-state index < -0.39 is 16.7 Å². The second-order valence-electron chi connectivity index (χ2n) is 6.29. The fourth-order valence-electron chi connectivity index (χ4n) is 2.86. The minimum atomic E-state index is -0.562. The summed E-state index contributed by atoms with van der Waals surface area (Å²) in [5.74, 6) is -0.541. The highest BCUT2D eigenvalue weighted by Gasteiger charge is 2.29. The summed E-state index contributed by atoms with van der Waals surface area (Å²) in [7, 11) is 0. The van der Waals surface area contributed by atoms with Crippen LogP contribution in [0.2, 0.25) is 0 Å². The fraction of sp³-hybridized carbons (Fsp3) is 0.263. The Kier molecular flexibility index (Phi) is 5.44. The summed E-state index contributed by atoms with van der Waals surface area (Å²) in [6.07, 6.45) is 0. The molecule has 0 saturated heterocycles. The zero-order valence-electron chi connectivity index (χ0n) is 15.5. The van der Waals surface area contributed by atoms with Crippen molar-refractivity contribution in [1.29, 1.82) is 0 Å². The Bertz CT molecular complexity index is 913. The number of nitro groups is 1. The molecule has 9 nitrogen and oxygen atoms in total. The summed E-state index contributed by atoms with van der Waals surface area (Å²) < 4.78 is 5.31. The molecule has 0 saturated carbocycles.